The molecule has 0 aromatic heterocycles. The van der Waals surface area contributed by atoms with E-state index in [2.05, 4.69) is 134 Å². The van der Waals surface area contributed by atoms with Crippen LogP contribution in [0.5, 0.6) is 0 Å². The first-order chi connectivity index (χ1) is 19.1. The fourth-order valence-corrected chi connectivity index (χ4v) is 10.8. The van der Waals surface area contributed by atoms with Gasteiger partial charge in [0.2, 0.25) is 0 Å². The van der Waals surface area contributed by atoms with Gasteiger partial charge >= 0.3 is 0 Å². The third-order valence-corrected chi connectivity index (χ3v) is 12.6. The Morgan fingerprint density at radius 1 is 0.615 bits per heavy atom. The van der Waals surface area contributed by atoms with E-state index < -0.39 is 8.07 Å². The highest BCUT2D eigenvalue weighted by molar-refractivity contribution is 7.05. The van der Waals surface area contributed by atoms with E-state index in [0.29, 0.717) is 0 Å². The molecular formula is C38H30Si. The van der Waals surface area contributed by atoms with Gasteiger partial charge in [-0.15, -0.1) is 0 Å². The minimum absolute atomic E-state index is 1.09. The Morgan fingerprint density at radius 3 is 2.05 bits per heavy atom. The van der Waals surface area contributed by atoms with Gasteiger partial charge in [0.25, 0.3) is 0 Å². The Kier molecular flexibility index (Phi) is 4.90. The summed E-state index contributed by atoms with van der Waals surface area (Å²) in [6.45, 7) is 5.14. The molecular weight excluding hydrogens is 485 g/mol. The SMILES string of the molecule is C[Si]1(C)c2cc3ccccc3cc2-c2ccc3c(C4=CC=CCC4)c4ccccc4c(-c4ccccc4)c3c21. The second kappa shape index (κ2) is 8.40. The molecule has 0 amide bonds. The summed E-state index contributed by atoms with van der Waals surface area (Å²) in [5.74, 6) is 0. The zero-order valence-corrected chi connectivity index (χ0v) is 23.5. The number of hydrogen-bond donors (Lipinski definition) is 0. The molecule has 1 aliphatic heterocycles. The topological polar surface area (TPSA) is 0 Å². The molecule has 1 aliphatic carbocycles. The van der Waals surface area contributed by atoms with Crippen LogP contribution in [0.25, 0.3) is 60.1 Å². The van der Waals surface area contributed by atoms with Gasteiger partial charge in [-0.3, -0.25) is 0 Å². The molecule has 0 nitrogen and oxygen atoms in total. The molecule has 0 saturated carbocycles. The zero-order chi connectivity index (χ0) is 26.1. The number of hydrogen-bond acceptors (Lipinski definition) is 0. The standard InChI is InChI=1S/C38H30Si/c1-39(2)34-24-28-18-10-9-17-27(28)23-33(34)31-21-22-32-35(25-13-5-3-6-14-25)29-19-11-12-20-30(29)36(37(32)38(31)39)26-15-7-4-8-16-26/h3-5,7-13,15-24H,6,14H2,1-2H3. The fourth-order valence-electron chi connectivity index (χ4n) is 7.32. The van der Waals surface area contributed by atoms with Gasteiger partial charge in [-0.2, -0.15) is 0 Å². The molecule has 1 heterocycles. The van der Waals surface area contributed by atoms with E-state index in [1.807, 2.05) is 0 Å². The second-order valence-corrected chi connectivity index (χ2v) is 15.9. The maximum Gasteiger partial charge on any atom is 0.114 e. The van der Waals surface area contributed by atoms with Crippen LogP contribution in [0.1, 0.15) is 18.4 Å². The van der Waals surface area contributed by atoms with Gasteiger partial charge in [0.1, 0.15) is 8.07 Å². The van der Waals surface area contributed by atoms with Crippen LogP contribution in [0.3, 0.4) is 0 Å². The molecule has 1 heteroatoms. The lowest BCUT2D eigenvalue weighted by Crippen LogP contribution is -2.49. The van der Waals surface area contributed by atoms with Crippen LogP contribution in [0.4, 0.5) is 0 Å². The summed E-state index contributed by atoms with van der Waals surface area (Å²) in [5, 5.41) is 11.5. The lowest BCUT2D eigenvalue weighted by atomic mass is 9.83. The summed E-state index contributed by atoms with van der Waals surface area (Å²) in [6.07, 6.45) is 9.08. The molecule has 0 saturated heterocycles. The minimum atomic E-state index is -2.02. The van der Waals surface area contributed by atoms with Crippen molar-refractivity contribution in [1.29, 1.82) is 0 Å². The van der Waals surface area contributed by atoms with Crippen molar-refractivity contribution >= 4 is 56.3 Å². The highest BCUT2D eigenvalue weighted by Gasteiger charge is 2.40. The summed E-state index contributed by atoms with van der Waals surface area (Å²) in [4.78, 5) is 0. The maximum absolute atomic E-state index is 2.57. The first kappa shape index (κ1) is 22.8. The predicted octanol–water partition coefficient (Wildman–Crippen LogP) is 9.35. The highest BCUT2D eigenvalue weighted by atomic mass is 28.3. The van der Waals surface area contributed by atoms with Crippen LogP contribution < -0.4 is 10.4 Å². The molecule has 0 atom stereocenters. The quantitative estimate of drug-likeness (QED) is 0.159. The maximum atomic E-state index is 2.57. The number of allylic oxidation sites excluding steroid dienone is 4. The van der Waals surface area contributed by atoms with Crippen LogP contribution >= 0.6 is 0 Å². The first-order valence-electron chi connectivity index (χ1n) is 14.1. The summed E-state index contributed by atoms with van der Waals surface area (Å²) in [5.41, 5.74) is 8.47. The third kappa shape index (κ3) is 3.23. The van der Waals surface area contributed by atoms with Gasteiger partial charge in [0.05, 0.1) is 0 Å². The van der Waals surface area contributed by atoms with E-state index in [1.165, 1.54) is 65.7 Å². The molecule has 8 rings (SSSR count). The van der Waals surface area contributed by atoms with Crippen molar-refractivity contribution in [2.45, 2.75) is 25.9 Å². The number of fused-ring (bicyclic) bond motifs is 7. The Labute approximate surface area is 231 Å². The van der Waals surface area contributed by atoms with Crippen LogP contribution in [0, 0.1) is 0 Å². The molecule has 39 heavy (non-hydrogen) atoms. The van der Waals surface area contributed by atoms with E-state index in [0.717, 1.165) is 12.8 Å². The lowest BCUT2D eigenvalue weighted by Gasteiger charge is -2.26. The molecule has 0 N–H and O–H groups in total. The van der Waals surface area contributed by atoms with Crippen molar-refractivity contribution in [3.05, 3.63) is 127 Å². The van der Waals surface area contributed by atoms with E-state index in [-0.39, 0.29) is 0 Å². The second-order valence-electron chi connectivity index (χ2n) is 11.6. The summed E-state index contributed by atoms with van der Waals surface area (Å²) < 4.78 is 0. The monoisotopic (exact) mass is 514 g/mol. The Balaban J connectivity index is 1.59. The van der Waals surface area contributed by atoms with Crippen LogP contribution in [0.2, 0.25) is 13.1 Å². The van der Waals surface area contributed by atoms with Gasteiger partial charge in [-0.05, 0) is 95.0 Å². The van der Waals surface area contributed by atoms with Gasteiger partial charge in [0.15, 0.2) is 0 Å². The molecule has 186 valence electrons. The molecule has 6 aromatic rings. The van der Waals surface area contributed by atoms with Crippen molar-refractivity contribution in [3.63, 3.8) is 0 Å². The fraction of sp³-hybridized carbons (Fsp3) is 0.105. The molecule has 2 aliphatic rings. The van der Waals surface area contributed by atoms with Crippen molar-refractivity contribution in [1.82, 2.24) is 0 Å². The summed E-state index contributed by atoms with van der Waals surface area (Å²) in [7, 11) is -2.02. The molecule has 0 spiro atoms. The highest BCUT2D eigenvalue weighted by Crippen LogP contribution is 2.45. The summed E-state index contributed by atoms with van der Waals surface area (Å²) >= 11 is 0. The zero-order valence-electron chi connectivity index (χ0n) is 22.5. The average Bonchev–Trinajstić information content (AvgIpc) is 3.21. The molecule has 0 unspecified atom stereocenters. The van der Waals surface area contributed by atoms with E-state index in [1.54, 1.807) is 10.4 Å². The number of benzene rings is 6. The summed E-state index contributed by atoms with van der Waals surface area (Å²) in [6, 6.07) is 38.9. The minimum Gasteiger partial charge on any atom is -0.0842 e. The largest absolute Gasteiger partial charge is 0.114 e. The molecule has 0 fully saturated rings. The van der Waals surface area contributed by atoms with Gasteiger partial charge < -0.3 is 0 Å². The first-order valence-corrected chi connectivity index (χ1v) is 17.1. The van der Waals surface area contributed by atoms with Crippen molar-refractivity contribution in [3.8, 4) is 22.3 Å². The van der Waals surface area contributed by atoms with Crippen LogP contribution in [0.15, 0.2) is 121 Å². The average molecular weight is 515 g/mol. The normalized spacial score (nSPS) is 15.5. The van der Waals surface area contributed by atoms with Gasteiger partial charge in [-0.25, -0.2) is 0 Å². The Morgan fingerprint density at radius 2 is 1.31 bits per heavy atom. The smallest absolute Gasteiger partial charge is 0.0842 e. The molecule has 6 aromatic carbocycles. The predicted molar refractivity (Wildman–Crippen MR) is 173 cm³/mol. The van der Waals surface area contributed by atoms with Gasteiger partial charge in [0, 0.05) is 0 Å². The van der Waals surface area contributed by atoms with Crippen molar-refractivity contribution in [2.75, 3.05) is 0 Å². The van der Waals surface area contributed by atoms with E-state index in [9.17, 15) is 0 Å². The van der Waals surface area contributed by atoms with E-state index >= 15 is 0 Å². The molecule has 0 radical (unpaired) electrons. The van der Waals surface area contributed by atoms with Crippen LogP contribution in [-0.4, -0.2) is 8.07 Å². The van der Waals surface area contributed by atoms with Crippen LogP contribution in [-0.2, 0) is 0 Å². The van der Waals surface area contributed by atoms with Crippen molar-refractivity contribution < 1.29 is 0 Å². The third-order valence-electron chi connectivity index (χ3n) is 9.06. The number of rotatable bonds is 2. The Hall–Kier alpha value is -4.20. The lowest BCUT2D eigenvalue weighted by molar-refractivity contribution is 1.06. The van der Waals surface area contributed by atoms with Gasteiger partial charge in [-0.1, -0.05) is 128 Å². The Bertz CT molecular complexity index is 2020. The van der Waals surface area contributed by atoms with E-state index in [4.69, 9.17) is 0 Å². The molecule has 0 bridgehead atoms. The van der Waals surface area contributed by atoms with Crippen molar-refractivity contribution in [2.24, 2.45) is 0 Å².